The number of ketones is 1. The Labute approximate surface area is 83.5 Å². The standard InChI is InChI=1S/C11H16O3/c12-9-4-6-11(10(13)14)5-2-1-3-8(11)7-9/h8H,1-7H2,(H,13,14). The molecule has 0 aromatic rings. The number of carboxylic acids is 1. The first-order chi connectivity index (χ1) is 6.65. The summed E-state index contributed by atoms with van der Waals surface area (Å²) in [5.74, 6) is -0.293. The first-order valence-electron chi connectivity index (χ1n) is 5.40. The molecule has 1 N–H and O–H groups in total. The predicted octanol–water partition coefficient (Wildman–Crippen LogP) is 2.00. The van der Waals surface area contributed by atoms with Crippen molar-refractivity contribution in [3.63, 3.8) is 0 Å². The van der Waals surface area contributed by atoms with Gasteiger partial charge in [-0.05, 0) is 25.2 Å². The van der Waals surface area contributed by atoms with E-state index in [0.717, 1.165) is 25.7 Å². The zero-order valence-corrected chi connectivity index (χ0v) is 8.29. The summed E-state index contributed by atoms with van der Waals surface area (Å²) in [6.45, 7) is 0. The fourth-order valence-corrected chi connectivity index (χ4v) is 3.07. The van der Waals surface area contributed by atoms with Gasteiger partial charge in [-0.25, -0.2) is 0 Å². The van der Waals surface area contributed by atoms with Crippen molar-refractivity contribution in [2.45, 2.75) is 44.9 Å². The van der Waals surface area contributed by atoms with E-state index in [2.05, 4.69) is 0 Å². The molecule has 3 nitrogen and oxygen atoms in total. The topological polar surface area (TPSA) is 54.4 Å². The third-order valence-electron chi connectivity index (χ3n) is 3.96. The van der Waals surface area contributed by atoms with Gasteiger partial charge in [0.05, 0.1) is 5.41 Å². The summed E-state index contributed by atoms with van der Waals surface area (Å²) in [7, 11) is 0. The second-order valence-electron chi connectivity index (χ2n) is 4.65. The van der Waals surface area contributed by atoms with Crippen molar-refractivity contribution in [3.8, 4) is 0 Å². The van der Waals surface area contributed by atoms with Crippen LogP contribution in [0, 0.1) is 11.3 Å². The Kier molecular flexibility index (Phi) is 2.33. The number of hydrogen-bond donors (Lipinski definition) is 1. The van der Waals surface area contributed by atoms with Crippen LogP contribution < -0.4 is 0 Å². The molecule has 2 aliphatic rings. The maximum atomic E-state index is 11.3. The van der Waals surface area contributed by atoms with Gasteiger partial charge in [0, 0.05) is 12.8 Å². The van der Waals surface area contributed by atoms with E-state index in [0.29, 0.717) is 19.3 Å². The average molecular weight is 196 g/mol. The maximum absolute atomic E-state index is 11.3. The zero-order chi connectivity index (χ0) is 10.2. The molecule has 0 spiro atoms. The van der Waals surface area contributed by atoms with Gasteiger partial charge < -0.3 is 5.11 Å². The van der Waals surface area contributed by atoms with Crippen LogP contribution in [-0.4, -0.2) is 16.9 Å². The van der Waals surface area contributed by atoms with E-state index in [1.807, 2.05) is 0 Å². The second-order valence-corrected chi connectivity index (χ2v) is 4.65. The van der Waals surface area contributed by atoms with E-state index in [1.165, 1.54) is 0 Å². The summed E-state index contributed by atoms with van der Waals surface area (Å²) >= 11 is 0. The van der Waals surface area contributed by atoms with E-state index in [9.17, 15) is 14.7 Å². The van der Waals surface area contributed by atoms with Gasteiger partial charge in [0.15, 0.2) is 0 Å². The average Bonchev–Trinajstić information content (AvgIpc) is 2.17. The van der Waals surface area contributed by atoms with E-state index >= 15 is 0 Å². The SMILES string of the molecule is O=C1CCC2(C(=O)O)CCCCC2C1. The number of carbonyl (C=O) groups excluding carboxylic acids is 1. The van der Waals surface area contributed by atoms with Crippen LogP contribution >= 0.6 is 0 Å². The molecule has 14 heavy (non-hydrogen) atoms. The quantitative estimate of drug-likeness (QED) is 0.697. The van der Waals surface area contributed by atoms with Gasteiger partial charge in [0.25, 0.3) is 0 Å². The molecule has 78 valence electrons. The zero-order valence-electron chi connectivity index (χ0n) is 8.29. The molecule has 0 bridgehead atoms. The second kappa shape index (κ2) is 3.37. The highest BCUT2D eigenvalue weighted by Crippen LogP contribution is 2.49. The lowest BCUT2D eigenvalue weighted by molar-refractivity contribution is -0.159. The number of carboxylic acid groups (broad SMARTS) is 1. The smallest absolute Gasteiger partial charge is 0.309 e. The molecule has 2 rings (SSSR count). The summed E-state index contributed by atoms with van der Waals surface area (Å²) in [4.78, 5) is 22.6. The Morgan fingerprint density at radius 2 is 2.14 bits per heavy atom. The number of aliphatic carboxylic acids is 1. The Hall–Kier alpha value is -0.860. The van der Waals surface area contributed by atoms with E-state index in [-0.39, 0.29) is 11.7 Å². The summed E-state index contributed by atoms with van der Waals surface area (Å²) in [6.07, 6.45) is 5.36. The highest BCUT2D eigenvalue weighted by Gasteiger charge is 2.49. The van der Waals surface area contributed by atoms with E-state index < -0.39 is 11.4 Å². The van der Waals surface area contributed by atoms with Crippen molar-refractivity contribution in [1.29, 1.82) is 0 Å². The van der Waals surface area contributed by atoms with Crippen LogP contribution in [0.4, 0.5) is 0 Å². The summed E-state index contributed by atoms with van der Waals surface area (Å²) in [5.41, 5.74) is -0.549. The van der Waals surface area contributed by atoms with Crippen molar-refractivity contribution in [2.24, 2.45) is 11.3 Å². The molecular weight excluding hydrogens is 180 g/mol. The highest BCUT2D eigenvalue weighted by molar-refractivity contribution is 5.84. The molecule has 0 radical (unpaired) electrons. The van der Waals surface area contributed by atoms with Gasteiger partial charge in [-0.2, -0.15) is 0 Å². The van der Waals surface area contributed by atoms with Crippen molar-refractivity contribution >= 4 is 11.8 Å². The molecule has 0 aliphatic heterocycles. The fraction of sp³-hybridized carbons (Fsp3) is 0.818. The van der Waals surface area contributed by atoms with Crippen LogP contribution in [0.25, 0.3) is 0 Å². The molecule has 0 aromatic carbocycles. The Morgan fingerprint density at radius 1 is 1.36 bits per heavy atom. The molecule has 2 aliphatic carbocycles. The molecule has 2 atom stereocenters. The Bertz CT molecular complexity index is 272. The lowest BCUT2D eigenvalue weighted by atomic mass is 9.59. The monoisotopic (exact) mass is 196 g/mol. The minimum atomic E-state index is -0.672. The molecule has 2 fully saturated rings. The number of fused-ring (bicyclic) bond motifs is 1. The minimum absolute atomic E-state index is 0.120. The van der Waals surface area contributed by atoms with Crippen LogP contribution in [0.1, 0.15) is 44.9 Å². The number of hydrogen-bond acceptors (Lipinski definition) is 2. The van der Waals surface area contributed by atoms with Crippen molar-refractivity contribution in [3.05, 3.63) is 0 Å². The van der Waals surface area contributed by atoms with Crippen molar-refractivity contribution < 1.29 is 14.7 Å². The summed E-state index contributed by atoms with van der Waals surface area (Å²) in [5, 5.41) is 9.30. The van der Waals surface area contributed by atoms with E-state index in [4.69, 9.17) is 0 Å². The van der Waals surface area contributed by atoms with Gasteiger partial charge in [-0.3, -0.25) is 9.59 Å². The molecule has 2 unspecified atom stereocenters. The largest absolute Gasteiger partial charge is 0.481 e. The minimum Gasteiger partial charge on any atom is -0.481 e. The molecule has 0 aromatic heterocycles. The van der Waals surface area contributed by atoms with Gasteiger partial charge in [0.1, 0.15) is 5.78 Å². The van der Waals surface area contributed by atoms with Crippen LogP contribution in [0.15, 0.2) is 0 Å². The summed E-state index contributed by atoms with van der Waals surface area (Å²) < 4.78 is 0. The van der Waals surface area contributed by atoms with E-state index in [1.54, 1.807) is 0 Å². The first-order valence-corrected chi connectivity index (χ1v) is 5.40. The normalized spacial score (nSPS) is 37.7. The molecule has 0 heterocycles. The lowest BCUT2D eigenvalue weighted by Crippen LogP contribution is -2.45. The first kappa shape index (κ1) is 9.69. The van der Waals surface area contributed by atoms with Crippen LogP contribution in [-0.2, 0) is 9.59 Å². The predicted molar refractivity (Wildman–Crippen MR) is 50.9 cm³/mol. The van der Waals surface area contributed by atoms with Gasteiger partial charge in [-0.15, -0.1) is 0 Å². The van der Waals surface area contributed by atoms with Crippen LogP contribution in [0.3, 0.4) is 0 Å². The third-order valence-corrected chi connectivity index (χ3v) is 3.96. The maximum Gasteiger partial charge on any atom is 0.309 e. The Morgan fingerprint density at radius 3 is 2.86 bits per heavy atom. The van der Waals surface area contributed by atoms with Gasteiger partial charge >= 0.3 is 5.97 Å². The molecular formula is C11H16O3. The number of carbonyl (C=O) groups is 2. The molecule has 0 saturated heterocycles. The third kappa shape index (κ3) is 1.35. The number of rotatable bonds is 1. The van der Waals surface area contributed by atoms with Crippen molar-refractivity contribution in [1.82, 2.24) is 0 Å². The fourth-order valence-electron chi connectivity index (χ4n) is 3.07. The lowest BCUT2D eigenvalue weighted by Gasteiger charge is -2.43. The van der Waals surface area contributed by atoms with Gasteiger partial charge in [-0.1, -0.05) is 12.8 Å². The molecule has 3 heteroatoms. The number of Topliss-reactive ketones (excluding diaryl/α,β-unsaturated/α-hetero) is 1. The molecule has 2 saturated carbocycles. The van der Waals surface area contributed by atoms with Gasteiger partial charge in [0.2, 0.25) is 0 Å². The summed E-state index contributed by atoms with van der Waals surface area (Å²) in [6, 6.07) is 0. The Balaban J connectivity index is 2.24. The molecule has 0 amide bonds. The van der Waals surface area contributed by atoms with Crippen LogP contribution in [0.2, 0.25) is 0 Å². The van der Waals surface area contributed by atoms with Crippen molar-refractivity contribution in [2.75, 3.05) is 0 Å². The van der Waals surface area contributed by atoms with Crippen LogP contribution in [0.5, 0.6) is 0 Å². The highest BCUT2D eigenvalue weighted by atomic mass is 16.4.